The van der Waals surface area contributed by atoms with Gasteiger partial charge in [0.2, 0.25) is 5.95 Å². The third kappa shape index (κ3) is 3.68. The molecule has 0 aromatic carbocycles. The van der Waals surface area contributed by atoms with Crippen molar-refractivity contribution >= 4 is 34.1 Å². The monoisotopic (exact) mass is 358 g/mol. The van der Waals surface area contributed by atoms with Crippen molar-refractivity contribution in [1.29, 1.82) is 0 Å². The lowest BCUT2D eigenvalue weighted by Crippen LogP contribution is -2.50. The topological polar surface area (TPSA) is 64.6 Å². The van der Waals surface area contributed by atoms with Crippen molar-refractivity contribution < 1.29 is 4.79 Å². The molecule has 25 heavy (non-hydrogen) atoms. The number of rotatable bonds is 3. The molecule has 0 saturated carbocycles. The summed E-state index contributed by atoms with van der Waals surface area (Å²) in [7, 11) is 0. The van der Waals surface area contributed by atoms with Crippen molar-refractivity contribution in [3.8, 4) is 0 Å². The Morgan fingerprint density at radius 1 is 1.04 bits per heavy atom. The van der Waals surface area contributed by atoms with E-state index in [-0.39, 0.29) is 6.03 Å². The second kappa shape index (κ2) is 7.26. The Hall–Kier alpha value is -2.35. The smallest absolute Gasteiger partial charge is 0.322 e. The fourth-order valence-electron chi connectivity index (χ4n) is 3.26. The Bertz CT molecular complexity index is 708. The highest BCUT2D eigenvalue weighted by Gasteiger charge is 2.23. The minimum absolute atomic E-state index is 0.0254. The van der Waals surface area contributed by atoms with Crippen LogP contribution in [0.2, 0.25) is 0 Å². The van der Waals surface area contributed by atoms with Crippen LogP contribution < -0.4 is 15.1 Å². The Morgan fingerprint density at radius 2 is 1.84 bits per heavy atom. The Kier molecular flexibility index (Phi) is 4.69. The lowest BCUT2D eigenvalue weighted by molar-refractivity contribution is 0.208. The van der Waals surface area contributed by atoms with Gasteiger partial charge in [0.05, 0.1) is 5.00 Å². The van der Waals surface area contributed by atoms with Crippen LogP contribution in [-0.2, 0) is 0 Å². The zero-order valence-corrected chi connectivity index (χ0v) is 14.9. The lowest BCUT2D eigenvalue weighted by atomic mass is 10.3. The lowest BCUT2D eigenvalue weighted by Gasteiger charge is -2.35. The van der Waals surface area contributed by atoms with E-state index >= 15 is 0 Å². The van der Waals surface area contributed by atoms with Crippen molar-refractivity contribution in [2.45, 2.75) is 12.8 Å². The zero-order chi connectivity index (χ0) is 17.1. The van der Waals surface area contributed by atoms with E-state index in [1.165, 1.54) is 24.2 Å². The molecule has 2 amide bonds. The van der Waals surface area contributed by atoms with Crippen LogP contribution in [0.1, 0.15) is 12.8 Å². The molecule has 2 aromatic rings. The summed E-state index contributed by atoms with van der Waals surface area (Å²) < 4.78 is 0. The van der Waals surface area contributed by atoms with E-state index in [0.29, 0.717) is 13.1 Å². The third-order valence-corrected chi connectivity index (χ3v) is 5.44. The van der Waals surface area contributed by atoms with Gasteiger partial charge in [0.1, 0.15) is 5.82 Å². The highest BCUT2D eigenvalue weighted by molar-refractivity contribution is 7.14. The zero-order valence-electron chi connectivity index (χ0n) is 14.1. The molecule has 2 aromatic heterocycles. The van der Waals surface area contributed by atoms with E-state index in [4.69, 9.17) is 4.98 Å². The molecular formula is C17H22N6OS. The van der Waals surface area contributed by atoms with Gasteiger partial charge in [-0.15, -0.1) is 11.3 Å². The minimum Gasteiger partial charge on any atom is -0.353 e. The fraction of sp³-hybridized carbons (Fsp3) is 0.471. The van der Waals surface area contributed by atoms with Crippen LogP contribution in [0, 0.1) is 0 Å². The number of amides is 2. The molecule has 132 valence electrons. The van der Waals surface area contributed by atoms with Crippen molar-refractivity contribution in [2.75, 3.05) is 54.4 Å². The van der Waals surface area contributed by atoms with Crippen LogP contribution >= 0.6 is 11.3 Å². The van der Waals surface area contributed by atoms with Gasteiger partial charge in [-0.25, -0.2) is 9.78 Å². The number of hydrogen-bond acceptors (Lipinski definition) is 6. The average Bonchev–Trinajstić information content (AvgIpc) is 3.36. The predicted octanol–water partition coefficient (Wildman–Crippen LogP) is 2.49. The number of piperazine rings is 1. The Morgan fingerprint density at radius 3 is 2.56 bits per heavy atom. The molecule has 2 aliphatic heterocycles. The molecular weight excluding hydrogens is 336 g/mol. The van der Waals surface area contributed by atoms with Crippen molar-refractivity contribution in [2.24, 2.45) is 0 Å². The fourth-order valence-corrected chi connectivity index (χ4v) is 3.86. The first-order chi connectivity index (χ1) is 12.3. The highest BCUT2D eigenvalue weighted by atomic mass is 32.1. The van der Waals surface area contributed by atoms with Crippen LogP contribution in [0.25, 0.3) is 0 Å². The molecule has 0 unspecified atom stereocenters. The number of carbonyl (C=O) groups excluding carboxylic acids is 1. The molecule has 7 nitrogen and oxygen atoms in total. The number of thiophene rings is 1. The van der Waals surface area contributed by atoms with Gasteiger partial charge in [-0.3, -0.25) is 5.32 Å². The highest BCUT2D eigenvalue weighted by Crippen LogP contribution is 2.20. The summed E-state index contributed by atoms with van der Waals surface area (Å²) in [5, 5.41) is 5.79. The van der Waals surface area contributed by atoms with E-state index in [2.05, 4.69) is 20.1 Å². The number of carbonyl (C=O) groups is 1. The molecule has 8 heteroatoms. The predicted molar refractivity (Wildman–Crippen MR) is 101 cm³/mol. The first kappa shape index (κ1) is 16.1. The van der Waals surface area contributed by atoms with Crippen molar-refractivity contribution in [3.05, 3.63) is 29.8 Å². The number of nitrogens with zero attached hydrogens (tertiary/aromatic N) is 5. The van der Waals surface area contributed by atoms with Gasteiger partial charge >= 0.3 is 6.03 Å². The first-order valence-corrected chi connectivity index (χ1v) is 9.60. The van der Waals surface area contributed by atoms with Crippen LogP contribution in [-0.4, -0.2) is 60.2 Å². The standard InChI is InChI=1S/C17H22N6OS/c24-17(20-15-4-3-13-25-15)23-11-9-21(10-12-23)14-5-6-18-16(19-14)22-7-1-2-8-22/h3-6,13H,1-2,7-12H2,(H,20,24). The molecule has 1 N–H and O–H groups in total. The van der Waals surface area contributed by atoms with Gasteiger partial charge in [0.25, 0.3) is 0 Å². The van der Waals surface area contributed by atoms with E-state index < -0.39 is 0 Å². The summed E-state index contributed by atoms with van der Waals surface area (Å²) >= 11 is 1.54. The summed E-state index contributed by atoms with van der Waals surface area (Å²) in [6.45, 7) is 5.05. The van der Waals surface area contributed by atoms with Crippen LogP contribution in [0.15, 0.2) is 29.8 Å². The molecule has 0 bridgehead atoms. The van der Waals surface area contributed by atoms with E-state index in [1.807, 2.05) is 34.7 Å². The van der Waals surface area contributed by atoms with E-state index in [9.17, 15) is 4.79 Å². The summed E-state index contributed by atoms with van der Waals surface area (Å²) in [5.41, 5.74) is 0. The van der Waals surface area contributed by atoms with Gasteiger partial charge in [-0.1, -0.05) is 0 Å². The van der Waals surface area contributed by atoms with Gasteiger partial charge in [0, 0.05) is 45.5 Å². The molecule has 0 atom stereocenters. The molecule has 0 spiro atoms. The molecule has 2 aliphatic rings. The average molecular weight is 358 g/mol. The SMILES string of the molecule is O=C(Nc1cccs1)N1CCN(c2ccnc(N3CCCC3)n2)CC1. The Labute approximate surface area is 151 Å². The number of nitrogens with one attached hydrogen (secondary N) is 1. The molecule has 4 heterocycles. The second-order valence-corrected chi connectivity index (χ2v) is 7.24. The Balaban J connectivity index is 1.35. The summed E-state index contributed by atoms with van der Waals surface area (Å²) in [6, 6.07) is 5.79. The number of anilines is 3. The second-order valence-electron chi connectivity index (χ2n) is 6.29. The maximum atomic E-state index is 12.3. The quantitative estimate of drug-likeness (QED) is 0.913. The molecule has 0 radical (unpaired) electrons. The minimum atomic E-state index is -0.0254. The maximum Gasteiger partial charge on any atom is 0.322 e. The van der Waals surface area contributed by atoms with Crippen molar-refractivity contribution in [1.82, 2.24) is 14.9 Å². The van der Waals surface area contributed by atoms with Crippen LogP contribution in [0.5, 0.6) is 0 Å². The molecule has 2 fully saturated rings. The molecule has 2 saturated heterocycles. The van der Waals surface area contributed by atoms with Gasteiger partial charge < -0.3 is 14.7 Å². The molecule has 0 aliphatic carbocycles. The van der Waals surface area contributed by atoms with Crippen molar-refractivity contribution in [3.63, 3.8) is 0 Å². The normalized spacial score (nSPS) is 17.8. The van der Waals surface area contributed by atoms with Gasteiger partial charge in [-0.2, -0.15) is 4.98 Å². The third-order valence-electron chi connectivity index (χ3n) is 4.66. The van der Waals surface area contributed by atoms with E-state index in [0.717, 1.165) is 42.9 Å². The van der Waals surface area contributed by atoms with Gasteiger partial charge in [-0.05, 0) is 36.4 Å². The summed E-state index contributed by atoms with van der Waals surface area (Å²) in [5.74, 6) is 1.78. The van der Waals surface area contributed by atoms with E-state index in [1.54, 1.807) is 0 Å². The maximum absolute atomic E-state index is 12.3. The largest absolute Gasteiger partial charge is 0.353 e. The van der Waals surface area contributed by atoms with Gasteiger partial charge in [0.15, 0.2) is 0 Å². The number of aromatic nitrogens is 2. The summed E-state index contributed by atoms with van der Waals surface area (Å²) in [6.07, 6.45) is 4.27. The van der Waals surface area contributed by atoms with Crippen LogP contribution in [0.4, 0.5) is 21.6 Å². The first-order valence-electron chi connectivity index (χ1n) is 8.72. The molecule has 4 rings (SSSR count). The number of urea groups is 1. The number of hydrogen-bond donors (Lipinski definition) is 1. The van der Waals surface area contributed by atoms with Crippen LogP contribution in [0.3, 0.4) is 0 Å². The summed E-state index contributed by atoms with van der Waals surface area (Å²) in [4.78, 5) is 27.8.